The quantitative estimate of drug-likeness (QED) is 0.678. The van der Waals surface area contributed by atoms with Gasteiger partial charge in [-0.2, -0.15) is 5.26 Å². The van der Waals surface area contributed by atoms with Gasteiger partial charge >= 0.3 is 0 Å². The van der Waals surface area contributed by atoms with Crippen molar-refractivity contribution in [2.75, 3.05) is 26.2 Å². The minimum atomic E-state index is 0.667. The summed E-state index contributed by atoms with van der Waals surface area (Å²) >= 11 is 0. The lowest BCUT2D eigenvalue weighted by molar-refractivity contribution is 0.249. The molecule has 0 radical (unpaired) electrons. The monoisotopic (exact) mass is 232 g/mol. The normalized spacial score (nSPS) is 10.2. The average molecular weight is 232 g/mol. The van der Waals surface area contributed by atoms with Crippen LogP contribution in [0, 0.1) is 11.3 Å². The topological polar surface area (TPSA) is 36.3 Å². The number of rotatable bonds is 7. The fourth-order valence-corrected chi connectivity index (χ4v) is 1.64. The van der Waals surface area contributed by atoms with E-state index in [0.29, 0.717) is 5.56 Å². The fourth-order valence-electron chi connectivity index (χ4n) is 1.64. The molecule has 0 aliphatic carbocycles. The first-order chi connectivity index (χ1) is 8.30. The van der Waals surface area contributed by atoms with Gasteiger partial charge in [0.2, 0.25) is 0 Å². The van der Waals surface area contributed by atoms with Crippen LogP contribution in [-0.4, -0.2) is 31.1 Å². The molecule has 0 aliphatic rings. The Labute approximate surface area is 104 Å². The maximum Gasteiger partial charge on any atom is 0.119 e. The molecule has 1 rings (SSSR count). The predicted octanol–water partition coefficient (Wildman–Crippen LogP) is 2.67. The van der Waals surface area contributed by atoms with Crippen molar-refractivity contribution >= 4 is 0 Å². The van der Waals surface area contributed by atoms with Crippen LogP contribution in [0.3, 0.4) is 0 Å². The van der Waals surface area contributed by atoms with Gasteiger partial charge in [-0.05, 0) is 43.8 Å². The molecule has 0 bridgehead atoms. The SMILES string of the molecule is CCN(CC)CCCOc1ccc(C#N)cc1. The Hall–Kier alpha value is -1.53. The van der Waals surface area contributed by atoms with Crippen LogP contribution in [0.4, 0.5) is 0 Å². The number of hydrogen-bond donors (Lipinski definition) is 0. The highest BCUT2D eigenvalue weighted by molar-refractivity contribution is 5.34. The first-order valence-corrected chi connectivity index (χ1v) is 6.15. The van der Waals surface area contributed by atoms with E-state index in [4.69, 9.17) is 10.00 Å². The number of benzene rings is 1. The summed E-state index contributed by atoms with van der Waals surface area (Å²) in [5.41, 5.74) is 0.667. The van der Waals surface area contributed by atoms with Crippen LogP contribution in [0.5, 0.6) is 5.75 Å². The summed E-state index contributed by atoms with van der Waals surface area (Å²) in [5, 5.41) is 8.66. The summed E-state index contributed by atoms with van der Waals surface area (Å²) in [6, 6.07) is 9.33. The molecule has 0 unspecified atom stereocenters. The predicted molar refractivity (Wildman–Crippen MR) is 69.1 cm³/mol. The Balaban J connectivity index is 2.24. The summed E-state index contributed by atoms with van der Waals surface area (Å²) in [4.78, 5) is 2.38. The van der Waals surface area contributed by atoms with Gasteiger partial charge in [0.25, 0.3) is 0 Å². The van der Waals surface area contributed by atoms with Crippen molar-refractivity contribution in [3.63, 3.8) is 0 Å². The van der Waals surface area contributed by atoms with Gasteiger partial charge in [0.05, 0.1) is 18.2 Å². The fraction of sp³-hybridized carbons (Fsp3) is 0.500. The molecule has 0 saturated heterocycles. The maximum absolute atomic E-state index is 8.66. The number of hydrogen-bond acceptors (Lipinski definition) is 3. The van der Waals surface area contributed by atoms with Crippen molar-refractivity contribution < 1.29 is 4.74 Å². The molecule has 3 heteroatoms. The van der Waals surface area contributed by atoms with E-state index in [1.165, 1.54) is 0 Å². The van der Waals surface area contributed by atoms with Crippen molar-refractivity contribution in [3.05, 3.63) is 29.8 Å². The third-order valence-corrected chi connectivity index (χ3v) is 2.77. The Morgan fingerprint density at radius 1 is 1.18 bits per heavy atom. The standard InChI is InChI=1S/C14H20N2O/c1-3-16(4-2)10-5-11-17-14-8-6-13(12-15)7-9-14/h6-9H,3-5,10-11H2,1-2H3. The molecule has 0 saturated carbocycles. The molecule has 0 atom stereocenters. The summed E-state index contributed by atoms with van der Waals surface area (Å²) in [5.74, 6) is 0.837. The van der Waals surface area contributed by atoms with Crippen LogP contribution in [0.1, 0.15) is 25.8 Å². The van der Waals surface area contributed by atoms with Gasteiger partial charge in [-0.25, -0.2) is 0 Å². The van der Waals surface area contributed by atoms with Crippen LogP contribution >= 0.6 is 0 Å². The number of nitriles is 1. The van der Waals surface area contributed by atoms with Crippen LogP contribution in [0.25, 0.3) is 0 Å². The Kier molecular flexibility index (Phi) is 6.13. The van der Waals surface area contributed by atoms with Crippen molar-refractivity contribution in [1.82, 2.24) is 4.90 Å². The van der Waals surface area contributed by atoms with E-state index in [1.54, 1.807) is 12.1 Å². The van der Waals surface area contributed by atoms with Crippen LogP contribution in [-0.2, 0) is 0 Å². The molecule has 0 aromatic heterocycles. The summed E-state index contributed by atoms with van der Waals surface area (Å²) < 4.78 is 5.61. The zero-order chi connectivity index (χ0) is 12.5. The Bertz CT molecular complexity index is 349. The van der Waals surface area contributed by atoms with E-state index in [2.05, 4.69) is 24.8 Å². The molecule has 1 aromatic carbocycles. The molecule has 0 fully saturated rings. The molecule has 17 heavy (non-hydrogen) atoms. The lowest BCUT2D eigenvalue weighted by Crippen LogP contribution is -2.25. The zero-order valence-corrected chi connectivity index (χ0v) is 10.6. The molecule has 3 nitrogen and oxygen atoms in total. The first kappa shape index (κ1) is 13.5. The van der Waals surface area contributed by atoms with Crippen molar-refractivity contribution in [3.8, 4) is 11.8 Å². The maximum atomic E-state index is 8.66. The molecule has 0 aliphatic heterocycles. The molecular formula is C14H20N2O. The van der Waals surface area contributed by atoms with E-state index in [0.717, 1.165) is 38.4 Å². The van der Waals surface area contributed by atoms with E-state index >= 15 is 0 Å². The lowest BCUT2D eigenvalue weighted by atomic mass is 10.2. The summed E-state index contributed by atoms with van der Waals surface area (Å²) in [6.45, 7) is 8.32. The smallest absolute Gasteiger partial charge is 0.119 e. The molecule has 0 heterocycles. The van der Waals surface area contributed by atoms with Gasteiger partial charge in [-0.1, -0.05) is 13.8 Å². The van der Waals surface area contributed by atoms with Gasteiger partial charge in [0.15, 0.2) is 0 Å². The molecule has 0 N–H and O–H groups in total. The Morgan fingerprint density at radius 2 is 1.82 bits per heavy atom. The highest BCUT2D eigenvalue weighted by atomic mass is 16.5. The van der Waals surface area contributed by atoms with Crippen LogP contribution < -0.4 is 4.74 Å². The van der Waals surface area contributed by atoms with E-state index in [-0.39, 0.29) is 0 Å². The second kappa shape index (κ2) is 7.70. The van der Waals surface area contributed by atoms with Crippen molar-refractivity contribution in [2.24, 2.45) is 0 Å². The minimum absolute atomic E-state index is 0.667. The van der Waals surface area contributed by atoms with Crippen molar-refractivity contribution in [2.45, 2.75) is 20.3 Å². The second-order valence-electron chi connectivity index (χ2n) is 3.87. The molecule has 1 aromatic rings. The lowest BCUT2D eigenvalue weighted by Gasteiger charge is -2.17. The highest BCUT2D eigenvalue weighted by Crippen LogP contribution is 2.11. The highest BCUT2D eigenvalue weighted by Gasteiger charge is 1.99. The third kappa shape index (κ3) is 4.88. The molecule has 92 valence electrons. The summed E-state index contributed by atoms with van der Waals surface area (Å²) in [6.07, 6.45) is 1.03. The molecule has 0 spiro atoms. The summed E-state index contributed by atoms with van der Waals surface area (Å²) in [7, 11) is 0. The van der Waals surface area contributed by atoms with Gasteiger partial charge in [0.1, 0.15) is 5.75 Å². The van der Waals surface area contributed by atoms with Gasteiger partial charge in [-0.15, -0.1) is 0 Å². The van der Waals surface area contributed by atoms with Gasteiger partial charge < -0.3 is 9.64 Å². The number of nitrogens with zero attached hydrogens (tertiary/aromatic N) is 2. The molecular weight excluding hydrogens is 212 g/mol. The molecule has 0 amide bonds. The van der Waals surface area contributed by atoms with Crippen molar-refractivity contribution in [1.29, 1.82) is 5.26 Å². The number of ether oxygens (including phenoxy) is 1. The van der Waals surface area contributed by atoms with Gasteiger partial charge in [0, 0.05) is 6.54 Å². The largest absolute Gasteiger partial charge is 0.494 e. The average Bonchev–Trinajstić information content (AvgIpc) is 2.40. The van der Waals surface area contributed by atoms with E-state index < -0.39 is 0 Å². The second-order valence-corrected chi connectivity index (χ2v) is 3.87. The first-order valence-electron chi connectivity index (χ1n) is 6.15. The van der Waals surface area contributed by atoms with E-state index in [9.17, 15) is 0 Å². The minimum Gasteiger partial charge on any atom is -0.494 e. The van der Waals surface area contributed by atoms with Crippen LogP contribution in [0.2, 0.25) is 0 Å². The van der Waals surface area contributed by atoms with E-state index in [1.807, 2.05) is 12.1 Å². The van der Waals surface area contributed by atoms with Gasteiger partial charge in [-0.3, -0.25) is 0 Å². The third-order valence-electron chi connectivity index (χ3n) is 2.77. The zero-order valence-electron chi connectivity index (χ0n) is 10.6. The van der Waals surface area contributed by atoms with Crippen LogP contribution in [0.15, 0.2) is 24.3 Å². The Morgan fingerprint density at radius 3 is 2.35 bits per heavy atom.